The zero-order valence-corrected chi connectivity index (χ0v) is 18.8. The Hall–Kier alpha value is -4.28. The molecule has 2 aromatic carbocycles. The minimum Gasteiger partial charge on any atom is -0.508 e. The number of primary amides is 1. The SMILES string of the molecule is NC(=O)NCc1ccc(CNC(=O)[C@@H](CCCN=C(N)N)NC(=O)Cc2ccc(O)cc2)cc1. The topological polar surface area (TPSA) is 198 Å². The second-order valence-electron chi connectivity index (χ2n) is 7.66. The number of urea groups is 1. The smallest absolute Gasteiger partial charge is 0.312 e. The normalized spacial score (nSPS) is 11.2. The number of hydrogen-bond donors (Lipinski definition) is 7. The second-order valence-corrected chi connectivity index (χ2v) is 7.66. The first-order valence-electron chi connectivity index (χ1n) is 10.7. The van der Waals surface area contributed by atoms with Gasteiger partial charge in [-0.1, -0.05) is 36.4 Å². The van der Waals surface area contributed by atoms with Gasteiger partial charge in [0.15, 0.2) is 5.96 Å². The van der Waals surface area contributed by atoms with E-state index in [1.807, 2.05) is 24.3 Å². The highest BCUT2D eigenvalue weighted by molar-refractivity contribution is 5.88. The van der Waals surface area contributed by atoms with E-state index in [0.29, 0.717) is 31.5 Å². The average molecular weight is 470 g/mol. The summed E-state index contributed by atoms with van der Waals surface area (Å²) in [6.45, 7) is 0.911. The number of aliphatic imine (C=N–C) groups is 1. The van der Waals surface area contributed by atoms with Crippen molar-refractivity contribution in [1.29, 1.82) is 0 Å². The summed E-state index contributed by atoms with van der Waals surface area (Å²) in [4.78, 5) is 40.0. The molecule has 0 bridgehead atoms. The van der Waals surface area contributed by atoms with E-state index in [1.165, 1.54) is 12.1 Å². The van der Waals surface area contributed by atoms with Crippen molar-refractivity contribution in [3.8, 4) is 5.75 Å². The molecule has 2 aromatic rings. The number of nitrogens with zero attached hydrogens (tertiary/aromatic N) is 1. The van der Waals surface area contributed by atoms with Crippen molar-refractivity contribution in [2.24, 2.45) is 22.2 Å². The number of benzene rings is 2. The standard InChI is InChI=1S/C23H31N7O4/c24-22(25)27-11-1-2-19(30-20(32)12-15-7-9-18(31)10-8-15)21(33)28-13-16-3-5-17(6-4-16)14-29-23(26)34/h3-10,19,31H,1-2,11-14H2,(H,28,33)(H,30,32)(H4,24,25,27)(H3,26,29,34)/t19-/m1/s1. The molecule has 0 saturated carbocycles. The van der Waals surface area contributed by atoms with Crippen molar-refractivity contribution in [3.63, 3.8) is 0 Å². The molecule has 10 N–H and O–H groups in total. The fourth-order valence-electron chi connectivity index (χ4n) is 3.09. The van der Waals surface area contributed by atoms with Gasteiger partial charge in [-0.2, -0.15) is 0 Å². The number of carbonyl (C=O) groups is 3. The largest absolute Gasteiger partial charge is 0.508 e. The Balaban J connectivity index is 1.94. The molecule has 0 spiro atoms. The molecule has 0 aromatic heterocycles. The van der Waals surface area contributed by atoms with Gasteiger partial charge in [0.05, 0.1) is 6.42 Å². The van der Waals surface area contributed by atoms with Gasteiger partial charge < -0.3 is 38.3 Å². The zero-order valence-electron chi connectivity index (χ0n) is 18.8. The van der Waals surface area contributed by atoms with E-state index in [2.05, 4.69) is 20.9 Å². The van der Waals surface area contributed by atoms with Crippen LogP contribution in [0.4, 0.5) is 4.79 Å². The number of nitrogens with two attached hydrogens (primary N) is 3. The highest BCUT2D eigenvalue weighted by Crippen LogP contribution is 2.10. The van der Waals surface area contributed by atoms with Crippen LogP contribution in [-0.4, -0.2) is 41.5 Å². The van der Waals surface area contributed by atoms with Gasteiger partial charge in [-0.15, -0.1) is 0 Å². The molecule has 0 radical (unpaired) electrons. The highest BCUT2D eigenvalue weighted by atomic mass is 16.3. The quantitative estimate of drug-likeness (QED) is 0.129. The van der Waals surface area contributed by atoms with E-state index in [1.54, 1.807) is 12.1 Å². The van der Waals surface area contributed by atoms with Crippen molar-refractivity contribution in [2.75, 3.05) is 6.54 Å². The molecular formula is C23H31N7O4. The van der Waals surface area contributed by atoms with Crippen LogP contribution in [0.2, 0.25) is 0 Å². The van der Waals surface area contributed by atoms with Gasteiger partial charge in [0.1, 0.15) is 11.8 Å². The highest BCUT2D eigenvalue weighted by Gasteiger charge is 2.20. The van der Waals surface area contributed by atoms with Crippen LogP contribution in [0.25, 0.3) is 0 Å². The number of aromatic hydroxyl groups is 1. The predicted molar refractivity (Wildman–Crippen MR) is 128 cm³/mol. The molecule has 0 aliphatic heterocycles. The van der Waals surface area contributed by atoms with Crippen molar-refractivity contribution < 1.29 is 19.5 Å². The Morgan fingerprint density at radius 1 is 0.853 bits per heavy atom. The third-order valence-electron chi connectivity index (χ3n) is 4.85. The summed E-state index contributed by atoms with van der Waals surface area (Å²) in [7, 11) is 0. The van der Waals surface area contributed by atoms with Crippen LogP contribution in [0, 0.1) is 0 Å². The number of guanidine groups is 1. The van der Waals surface area contributed by atoms with Crippen LogP contribution in [-0.2, 0) is 29.1 Å². The van der Waals surface area contributed by atoms with Gasteiger partial charge in [0.2, 0.25) is 11.8 Å². The number of phenols is 1. The number of nitrogens with one attached hydrogen (secondary N) is 3. The Morgan fingerprint density at radius 2 is 1.41 bits per heavy atom. The third kappa shape index (κ3) is 9.90. The summed E-state index contributed by atoms with van der Waals surface area (Å²) >= 11 is 0. The maximum Gasteiger partial charge on any atom is 0.312 e. The first kappa shape index (κ1) is 26.0. The Kier molecular flexibility index (Phi) is 10.2. The molecule has 34 heavy (non-hydrogen) atoms. The summed E-state index contributed by atoms with van der Waals surface area (Å²) in [5, 5.41) is 17.5. The monoisotopic (exact) mass is 469 g/mol. The lowest BCUT2D eigenvalue weighted by atomic mass is 10.1. The summed E-state index contributed by atoms with van der Waals surface area (Å²) in [6.07, 6.45) is 0.914. The minimum absolute atomic E-state index is 0.0353. The van der Waals surface area contributed by atoms with Gasteiger partial charge in [-0.05, 0) is 41.7 Å². The maximum atomic E-state index is 12.8. The van der Waals surface area contributed by atoms with E-state index in [-0.39, 0.29) is 36.5 Å². The Morgan fingerprint density at radius 3 is 1.97 bits per heavy atom. The molecule has 0 unspecified atom stereocenters. The van der Waals surface area contributed by atoms with E-state index in [4.69, 9.17) is 17.2 Å². The van der Waals surface area contributed by atoms with Crippen molar-refractivity contribution in [2.45, 2.75) is 38.4 Å². The molecule has 11 heteroatoms. The van der Waals surface area contributed by atoms with Crippen LogP contribution >= 0.6 is 0 Å². The summed E-state index contributed by atoms with van der Waals surface area (Å²) in [5.74, 6) is -0.577. The molecule has 0 heterocycles. The summed E-state index contributed by atoms with van der Waals surface area (Å²) < 4.78 is 0. The molecule has 0 fully saturated rings. The zero-order chi connectivity index (χ0) is 24.9. The van der Waals surface area contributed by atoms with Crippen LogP contribution in [0.15, 0.2) is 53.5 Å². The van der Waals surface area contributed by atoms with Crippen LogP contribution < -0.4 is 33.2 Å². The van der Waals surface area contributed by atoms with Crippen LogP contribution in [0.3, 0.4) is 0 Å². The predicted octanol–water partition coefficient (Wildman–Crippen LogP) is -0.0422. The second kappa shape index (κ2) is 13.3. The number of phenolic OH excluding ortho intramolecular Hbond substituents is 1. The van der Waals surface area contributed by atoms with E-state index in [9.17, 15) is 19.5 Å². The van der Waals surface area contributed by atoms with Gasteiger partial charge in [-0.25, -0.2) is 4.79 Å². The van der Waals surface area contributed by atoms with Gasteiger partial charge in [0, 0.05) is 19.6 Å². The lowest BCUT2D eigenvalue weighted by Crippen LogP contribution is -2.47. The average Bonchev–Trinajstić information content (AvgIpc) is 2.80. The molecule has 4 amide bonds. The Bertz CT molecular complexity index is 987. The number of carbonyl (C=O) groups excluding carboxylic acids is 3. The number of amides is 4. The molecular weight excluding hydrogens is 438 g/mol. The van der Waals surface area contributed by atoms with Crippen LogP contribution in [0.5, 0.6) is 5.75 Å². The molecule has 182 valence electrons. The molecule has 1 atom stereocenters. The molecule has 11 nitrogen and oxygen atoms in total. The molecule has 0 aliphatic carbocycles. The third-order valence-corrected chi connectivity index (χ3v) is 4.85. The first-order valence-corrected chi connectivity index (χ1v) is 10.7. The van der Waals surface area contributed by atoms with Crippen LogP contribution in [0.1, 0.15) is 29.5 Å². The van der Waals surface area contributed by atoms with Gasteiger partial charge in [0.25, 0.3) is 0 Å². The number of rotatable bonds is 12. The van der Waals surface area contributed by atoms with Crippen molar-refractivity contribution >= 4 is 23.8 Å². The van der Waals surface area contributed by atoms with E-state index >= 15 is 0 Å². The molecule has 0 saturated heterocycles. The van der Waals surface area contributed by atoms with Gasteiger partial charge >= 0.3 is 6.03 Å². The fourth-order valence-corrected chi connectivity index (χ4v) is 3.09. The molecule has 0 aliphatic rings. The summed E-state index contributed by atoms with van der Waals surface area (Å²) in [6, 6.07) is 12.2. The lowest BCUT2D eigenvalue weighted by molar-refractivity contribution is -0.129. The van der Waals surface area contributed by atoms with Crippen molar-refractivity contribution in [1.82, 2.24) is 16.0 Å². The lowest BCUT2D eigenvalue weighted by Gasteiger charge is -2.18. The van der Waals surface area contributed by atoms with E-state index < -0.39 is 12.1 Å². The fraction of sp³-hybridized carbons (Fsp3) is 0.304. The number of hydrogen-bond acceptors (Lipinski definition) is 5. The first-order chi connectivity index (χ1) is 16.2. The summed E-state index contributed by atoms with van der Waals surface area (Å²) in [5.41, 5.74) is 18.2. The van der Waals surface area contributed by atoms with E-state index in [0.717, 1.165) is 11.1 Å². The van der Waals surface area contributed by atoms with Crippen molar-refractivity contribution in [3.05, 3.63) is 65.2 Å². The van der Waals surface area contributed by atoms with Gasteiger partial charge in [-0.3, -0.25) is 14.6 Å². The Labute approximate surface area is 197 Å². The maximum absolute atomic E-state index is 12.8. The molecule has 2 rings (SSSR count). The minimum atomic E-state index is -0.766.